The number of aromatic nitrogens is 2. The largest absolute Gasteiger partial charge is 0.298 e. The van der Waals surface area contributed by atoms with Gasteiger partial charge in [-0.2, -0.15) is 0 Å². The molecule has 2 N–H and O–H groups in total. The topological polar surface area (TPSA) is 101 Å². The first kappa shape index (κ1) is 17.2. The molecule has 1 amide bonds. The van der Waals surface area contributed by atoms with Gasteiger partial charge in [0.1, 0.15) is 0 Å². The molecule has 0 radical (unpaired) electrons. The van der Waals surface area contributed by atoms with Crippen molar-refractivity contribution < 1.29 is 13.2 Å². The van der Waals surface area contributed by atoms with E-state index < -0.39 is 10.0 Å². The minimum absolute atomic E-state index is 0.0854. The average molecular weight is 374 g/mol. The molecule has 0 aliphatic carbocycles. The number of carbonyl (C=O) groups excluding carboxylic acids is 1. The maximum atomic E-state index is 12.3. The Labute approximate surface area is 148 Å². The Hall–Kier alpha value is -2.62. The second kappa shape index (κ2) is 7.51. The highest BCUT2D eigenvalue weighted by Crippen LogP contribution is 2.15. The Morgan fingerprint density at radius 1 is 1.12 bits per heavy atom. The number of benzene rings is 1. The molecular formula is C16H14N4O3S2. The van der Waals surface area contributed by atoms with Crippen LogP contribution in [0.25, 0.3) is 0 Å². The van der Waals surface area contributed by atoms with Crippen molar-refractivity contribution >= 4 is 32.4 Å². The quantitative estimate of drug-likeness (QED) is 0.689. The van der Waals surface area contributed by atoms with Gasteiger partial charge in [0.05, 0.1) is 4.90 Å². The summed E-state index contributed by atoms with van der Waals surface area (Å²) < 4.78 is 27.1. The highest BCUT2D eigenvalue weighted by atomic mass is 32.2. The van der Waals surface area contributed by atoms with Gasteiger partial charge in [-0.1, -0.05) is 6.07 Å². The van der Waals surface area contributed by atoms with Gasteiger partial charge in [-0.3, -0.25) is 15.1 Å². The average Bonchev–Trinajstić information content (AvgIpc) is 3.14. The molecule has 0 saturated carbocycles. The van der Waals surface area contributed by atoms with Crippen molar-refractivity contribution in [2.24, 2.45) is 0 Å². The minimum atomic E-state index is -3.67. The first-order valence-electron chi connectivity index (χ1n) is 7.24. The van der Waals surface area contributed by atoms with Gasteiger partial charge >= 0.3 is 0 Å². The molecule has 0 atom stereocenters. The van der Waals surface area contributed by atoms with E-state index in [0.717, 1.165) is 5.56 Å². The van der Waals surface area contributed by atoms with Gasteiger partial charge in [0.25, 0.3) is 5.91 Å². The van der Waals surface area contributed by atoms with Crippen LogP contribution in [0.4, 0.5) is 5.13 Å². The zero-order chi connectivity index (χ0) is 17.7. The van der Waals surface area contributed by atoms with Gasteiger partial charge < -0.3 is 0 Å². The summed E-state index contributed by atoms with van der Waals surface area (Å²) in [4.78, 5) is 20.1. The molecule has 2 aromatic heterocycles. The SMILES string of the molecule is O=C(Nc1nccs1)c1ccc(S(=O)(=O)NCc2cccnc2)cc1. The fraction of sp³-hybridized carbons (Fsp3) is 0.0625. The van der Waals surface area contributed by atoms with Gasteiger partial charge in [0.15, 0.2) is 5.13 Å². The van der Waals surface area contributed by atoms with Crippen molar-refractivity contribution in [3.05, 3.63) is 71.5 Å². The smallest absolute Gasteiger partial charge is 0.257 e. The number of rotatable bonds is 6. The van der Waals surface area contributed by atoms with Crippen LogP contribution in [0, 0.1) is 0 Å². The number of hydrogen-bond donors (Lipinski definition) is 2. The molecule has 0 saturated heterocycles. The summed E-state index contributed by atoms with van der Waals surface area (Å²) in [6, 6.07) is 9.22. The van der Waals surface area contributed by atoms with Crippen LogP contribution in [0.15, 0.2) is 65.3 Å². The predicted octanol–water partition coefficient (Wildman–Crippen LogP) is 2.27. The number of amides is 1. The van der Waals surface area contributed by atoms with Crippen LogP contribution in [0.1, 0.15) is 15.9 Å². The molecule has 1 aromatic carbocycles. The van der Waals surface area contributed by atoms with Crippen LogP contribution in [0.2, 0.25) is 0 Å². The van der Waals surface area contributed by atoms with Gasteiger partial charge in [0.2, 0.25) is 10.0 Å². The van der Waals surface area contributed by atoms with E-state index in [1.807, 2.05) is 0 Å². The highest BCUT2D eigenvalue weighted by Gasteiger charge is 2.15. The van der Waals surface area contributed by atoms with E-state index in [1.165, 1.54) is 35.6 Å². The van der Waals surface area contributed by atoms with E-state index >= 15 is 0 Å². The number of thiazole rings is 1. The first-order valence-corrected chi connectivity index (χ1v) is 9.60. The third-order valence-electron chi connectivity index (χ3n) is 3.27. The molecule has 25 heavy (non-hydrogen) atoms. The number of carbonyl (C=O) groups is 1. The Bertz CT molecular complexity index is 941. The number of nitrogens with one attached hydrogen (secondary N) is 2. The Morgan fingerprint density at radius 3 is 2.56 bits per heavy atom. The summed E-state index contributed by atoms with van der Waals surface area (Å²) in [6.07, 6.45) is 4.80. The molecule has 7 nitrogen and oxygen atoms in total. The number of hydrogen-bond acceptors (Lipinski definition) is 6. The third kappa shape index (κ3) is 4.47. The monoisotopic (exact) mass is 374 g/mol. The normalized spacial score (nSPS) is 11.2. The van der Waals surface area contributed by atoms with Crippen LogP contribution < -0.4 is 10.0 Å². The van der Waals surface area contributed by atoms with Crippen molar-refractivity contribution in [1.29, 1.82) is 0 Å². The van der Waals surface area contributed by atoms with Gasteiger partial charge in [-0.15, -0.1) is 11.3 Å². The Kier molecular flexibility index (Phi) is 5.17. The van der Waals surface area contributed by atoms with E-state index in [-0.39, 0.29) is 17.3 Å². The van der Waals surface area contributed by atoms with Crippen LogP contribution in [-0.4, -0.2) is 24.3 Å². The molecule has 3 rings (SSSR count). The van der Waals surface area contributed by atoms with Gasteiger partial charge in [-0.25, -0.2) is 18.1 Å². The van der Waals surface area contributed by atoms with E-state index in [1.54, 1.807) is 36.1 Å². The molecule has 0 unspecified atom stereocenters. The van der Waals surface area contributed by atoms with Crippen molar-refractivity contribution in [2.45, 2.75) is 11.4 Å². The number of pyridine rings is 1. The standard InChI is InChI=1S/C16H14N4O3S2/c21-15(20-16-18-8-9-24-16)13-3-5-14(6-4-13)25(22,23)19-11-12-2-1-7-17-10-12/h1-10,19H,11H2,(H,18,20,21). The number of nitrogens with zero attached hydrogens (tertiary/aromatic N) is 2. The lowest BCUT2D eigenvalue weighted by molar-refractivity contribution is 0.102. The van der Waals surface area contributed by atoms with Crippen LogP contribution in [0.3, 0.4) is 0 Å². The summed E-state index contributed by atoms with van der Waals surface area (Å²) in [5.41, 5.74) is 1.10. The second-order valence-electron chi connectivity index (χ2n) is 5.00. The highest BCUT2D eigenvalue weighted by molar-refractivity contribution is 7.89. The Balaban J connectivity index is 1.67. The molecule has 0 bridgehead atoms. The summed E-state index contributed by atoms with van der Waals surface area (Å²) in [5, 5.41) is 4.87. The van der Waals surface area contributed by atoms with Crippen LogP contribution in [0.5, 0.6) is 0 Å². The fourth-order valence-electron chi connectivity index (χ4n) is 2.00. The van der Waals surface area contributed by atoms with Crippen molar-refractivity contribution in [1.82, 2.24) is 14.7 Å². The molecule has 2 heterocycles. The number of sulfonamides is 1. The Morgan fingerprint density at radius 2 is 1.92 bits per heavy atom. The molecule has 9 heteroatoms. The van der Waals surface area contributed by atoms with Crippen LogP contribution in [-0.2, 0) is 16.6 Å². The summed E-state index contributed by atoms with van der Waals surface area (Å²) in [6.45, 7) is 0.141. The van der Waals surface area contributed by atoms with Gasteiger partial charge in [-0.05, 0) is 35.9 Å². The maximum Gasteiger partial charge on any atom is 0.257 e. The second-order valence-corrected chi connectivity index (χ2v) is 7.66. The zero-order valence-corrected chi connectivity index (χ0v) is 14.5. The molecule has 0 aliphatic rings. The maximum absolute atomic E-state index is 12.3. The molecule has 0 aliphatic heterocycles. The fourth-order valence-corrected chi connectivity index (χ4v) is 3.55. The molecule has 128 valence electrons. The molecular weight excluding hydrogens is 360 g/mol. The van der Waals surface area contributed by atoms with E-state index in [0.29, 0.717) is 10.7 Å². The molecule has 3 aromatic rings. The van der Waals surface area contributed by atoms with E-state index in [9.17, 15) is 13.2 Å². The lowest BCUT2D eigenvalue weighted by atomic mass is 10.2. The minimum Gasteiger partial charge on any atom is -0.298 e. The molecule has 0 spiro atoms. The van der Waals surface area contributed by atoms with Crippen molar-refractivity contribution in [3.63, 3.8) is 0 Å². The molecule has 0 fully saturated rings. The summed E-state index contributed by atoms with van der Waals surface area (Å²) >= 11 is 1.30. The van der Waals surface area contributed by atoms with E-state index in [2.05, 4.69) is 20.0 Å². The van der Waals surface area contributed by atoms with E-state index in [4.69, 9.17) is 0 Å². The number of anilines is 1. The van der Waals surface area contributed by atoms with Gasteiger partial charge in [0, 0.05) is 36.1 Å². The lowest BCUT2D eigenvalue weighted by Gasteiger charge is -2.07. The van der Waals surface area contributed by atoms with Crippen molar-refractivity contribution in [2.75, 3.05) is 5.32 Å². The third-order valence-corrected chi connectivity index (χ3v) is 5.37. The first-order chi connectivity index (χ1) is 12.0. The summed E-state index contributed by atoms with van der Waals surface area (Å²) in [7, 11) is -3.67. The van der Waals surface area contributed by atoms with Crippen LogP contribution >= 0.6 is 11.3 Å². The zero-order valence-electron chi connectivity index (χ0n) is 12.9. The predicted molar refractivity (Wildman–Crippen MR) is 94.8 cm³/mol. The summed E-state index contributed by atoms with van der Waals surface area (Å²) in [5.74, 6) is -0.345. The van der Waals surface area contributed by atoms with Crippen molar-refractivity contribution in [3.8, 4) is 0 Å². The lowest BCUT2D eigenvalue weighted by Crippen LogP contribution is -2.23.